The molecule has 24 heavy (non-hydrogen) atoms. The molecule has 142 valence electrons. The molecule has 2 heteroatoms. The fraction of sp³-hybridized carbons (Fsp3) is 0.818. The van der Waals surface area contributed by atoms with Crippen molar-refractivity contribution in [2.45, 2.75) is 104 Å². The Balaban J connectivity index is 0.00000529. The highest BCUT2D eigenvalue weighted by atomic mass is 35.5. The molecule has 0 aromatic carbocycles. The average Bonchev–Trinajstić information content (AvgIpc) is 2.55. The highest BCUT2D eigenvalue weighted by Gasteiger charge is 2.03. The van der Waals surface area contributed by atoms with Crippen molar-refractivity contribution in [1.29, 1.82) is 0 Å². The predicted octanol–water partition coefficient (Wildman–Crippen LogP) is 7.67. The Labute approximate surface area is 158 Å². The maximum Gasteiger partial charge on any atom is 0.0383 e. The number of rotatable bonds is 15. The number of hydrogen-bond acceptors (Lipinski definition) is 1. The van der Waals surface area contributed by atoms with Gasteiger partial charge in [-0.3, -0.25) is 0 Å². The van der Waals surface area contributed by atoms with Gasteiger partial charge in [-0.2, -0.15) is 0 Å². The summed E-state index contributed by atoms with van der Waals surface area (Å²) in [5.41, 5.74) is 1.48. The van der Waals surface area contributed by atoms with Crippen molar-refractivity contribution in [3.63, 3.8) is 0 Å². The van der Waals surface area contributed by atoms with Crippen molar-refractivity contribution < 1.29 is 0 Å². The predicted molar refractivity (Wildman–Crippen MR) is 112 cm³/mol. The Morgan fingerprint density at radius 2 is 1.21 bits per heavy atom. The average molecular weight is 356 g/mol. The van der Waals surface area contributed by atoms with Gasteiger partial charge >= 0.3 is 0 Å². The zero-order valence-electron chi connectivity index (χ0n) is 16.4. The minimum absolute atomic E-state index is 0. The first kappa shape index (κ1) is 23.6. The molecule has 1 heterocycles. The molecule has 0 atom stereocenters. The second-order valence-electron chi connectivity index (χ2n) is 7.42. The monoisotopic (exact) mass is 355 g/mol. The second-order valence-corrected chi connectivity index (χ2v) is 7.42. The van der Waals surface area contributed by atoms with Gasteiger partial charge in [-0.25, -0.2) is 0 Å². The lowest BCUT2D eigenvalue weighted by molar-refractivity contribution is 0.383. The van der Waals surface area contributed by atoms with Gasteiger partial charge in [-0.05, 0) is 25.6 Å². The van der Waals surface area contributed by atoms with Crippen LogP contribution < -0.4 is 0 Å². The van der Waals surface area contributed by atoms with Crippen LogP contribution in [0.4, 0.5) is 0 Å². The maximum absolute atomic E-state index is 2.45. The van der Waals surface area contributed by atoms with Gasteiger partial charge in [0.1, 0.15) is 0 Å². The smallest absolute Gasteiger partial charge is 0.0383 e. The number of halogens is 1. The fourth-order valence-corrected chi connectivity index (χ4v) is 3.42. The van der Waals surface area contributed by atoms with Crippen LogP contribution in [0.3, 0.4) is 0 Å². The molecule has 0 amide bonds. The van der Waals surface area contributed by atoms with Gasteiger partial charge in [0, 0.05) is 13.1 Å². The van der Waals surface area contributed by atoms with Crippen molar-refractivity contribution in [3.05, 3.63) is 23.9 Å². The van der Waals surface area contributed by atoms with Crippen LogP contribution in [0.2, 0.25) is 0 Å². The van der Waals surface area contributed by atoms with Gasteiger partial charge < -0.3 is 4.90 Å². The molecule has 1 rings (SSSR count). The van der Waals surface area contributed by atoms with E-state index >= 15 is 0 Å². The zero-order chi connectivity index (χ0) is 16.6. The van der Waals surface area contributed by atoms with E-state index < -0.39 is 0 Å². The Kier molecular flexibility index (Phi) is 17.1. The normalized spacial score (nSPS) is 13.8. The first-order chi connectivity index (χ1) is 11.3. The van der Waals surface area contributed by atoms with Crippen LogP contribution in [0.15, 0.2) is 23.9 Å². The summed E-state index contributed by atoms with van der Waals surface area (Å²) in [6.45, 7) is 6.89. The number of unbranched alkanes of at least 4 members (excludes halogenated alkanes) is 13. The van der Waals surface area contributed by atoms with E-state index in [2.05, 4.69) is 37.1 Å². The van der Waals surface area contributed by atoms with Crippen LogP contribution >= 0.6 is 12.4 Å². The van der Waals surface area contributed by atoms with Crippen molar-refractivity contribution >= 4 is 12.4 Å². The SMILES string of the molecule is CCCCCCCCCCCCCCCCN1C=CC=C(C)C1.Cl. The molecule has 0 saturated carbocycles. The van der Waals surface area contributed by atoms with E-state index in [1.165, 1.54) is 102 Å². The highest BCUT2D eigenvalue weighted by Crippen LogP contribution is 2.13. The van der Waals surface area contributed by atoms with Crippen LogP contribution in [0.5, 0.6) is 0 Å². The first-order valence-corrected chi connectivity index (χ1v) is 10.4. The van der Waals surface area contributed by atoms with Gasteiger partial charge in [0.2, 0.25) is 0 Å². The van der Waals surface area contributed by atoms with Crippen LogP contribution in [0.1, 0.15) is 104 Å². The topological polar surface area (TPSA) is 3.24 Å². The van der Waals surface area contributed by atoms with E-state index in [1.807, 2.05) is 0 Å². The molecular weight excluding hydrogens is 314 g/mol. The van der Waals surface area contributed by atoms with Crippen LogP contribution in [-0.2, 0) is 0 Å². The van der Waals surface area contributed by atoms with E-state index in [0.29, 0.717) is 0 Å². The molecule has 1 aliphatic heterocycles. The van der Waals surface area contributed by atoms with Gasteiger partial charge in [-0.1, -0.05) is 102 Å². The van der Waals surface area contributed by atoms with Gasteiger partial charge in [0.25, 0.3) is 0 Å². The molecular formula is C22H42ClN. The molecule has 0 unspecified atom stereocenters. The van der Waals surface area contributed by atoms with Crippen molar-refractivity contribution in [3.8, 4) is 0 Å². The van der Waals surface area contributed by atoms with Gasteiger partial charge in [-0.15, -0.1) is 12.4 Å². The lowest BCUT2D eigenvalue weighted by Gasteiger charge is -2.23. The minimum atomic E-state index is 0. The Morgan fingerprint density at radius 3 is 1.67 bits per heavy atom. The fourth-order valence-electron chi connectivity index (χ4n) is 3.42. The molecule has 0 radical (unpaired) electrons. The third kappa shape index (κ3) is 14.0. The summed E-state index contributed by atoms with van der Waals surface area (Å²) in [4.78, 5) is 2.45. The Morgan fingerprint density at radius 1 is 0.750 bits per heavy atom. The molecule has 0 saturated heterocycles. The minimum Gasteiger partial charge on any atom is -0.373 e. The maximum atomic E-state index is 2.45. The van der Waals surface area contributed by atoms with E-state index in [4.69, 9.17) is 0 Å². The number of hydrogen-bond donors (Lipinski definition) is 0. The van der Waals surface area contributed by atoms with Gasteiger partial charge in [0.15, 0.2) is 0 Å². The van der Waals surface area contributed by atoms with Crippen LogP contribution in [-0.4, -0.2) is 18.0 Å². The van der Waals surface area contributed by atoms with E-state index in [0.717, 1.165) is 6.54 Å². The van der Waals surface area contributed by atoms with Crippen LogP contribution in [0, 0.1) is 0 Å². The number of nitrogens with zero attached hydrogens (tertiary/aromatic N) is 1. The van der Waals surface area contributed by atoms with E-state index in [-0.39, 0.29) is 12.4 Å². The molecule has 1 aliphatic rings. The lowest BCUT2D eigenvalue weighted by Crippen LogP contribution is -2.22. The standard InChI is InChI=1S/C22H41N.ClH/c1-3-4-5-6-7-8-9-10-11-12-13-14-15-16-19-23-20-17-18-22(2)21-23;/h17-18,20H,3-16,19,21H2,1-2H3;1H. The second kappa shape index (κ2) is 17.4. The highest BCUT2D eigenvalue weighted by molar-refractivity contribution is 5.85. The van der Waals surface area contributed by atoms with E-state index in [9.17, 15) is 0 Å². The van der Waals surface area contributed by atoms with Gasteiger partial charge in [0.05, 0.1) is 0 Å². The molecule has 0 aromatic heterocycles. The summed E-state index contributed by atoms with van der Waals surface area (Å²) >= 11 is 0. The summed E-state index contributed by atoms with van der Waals surface area (Å²) in [6, 6.07) is 0. The molecule has 0 aromatic rings. The largest absolute Gasteiger partial charge is 0.373 e. The molecule has 1 nitrogen and oxygen atoms in total. The zero-order valence-corrected chi connectivity index (χ0v) is 17.2. The molecule has 0 fully saturated rings. The molecule has 0 spiro atoms. The van der Waals surface area contributed by atoms with Crippen molar-refractivity contribution in [2.75, 3.05) is 13.1 Å². The Bertz CT molecular complexity index is 322. The van der Waals surface area contributed by atoms with Crippen molar-refractivity contribution in [2.24, 2.45) is 0 Å². The Hall–Kier alpha value is -0.430. The third-order valence-corrected chi connectivity index (χ3v) is 4.93. The first-order valence-electron chi connectivity index (χ1n) is 10.4. The molecule has 0 bridgehead atoms. The summed E-state index contributed by atoms with van der Waals surface area (Å²) in [6.07, 6.45) is 26.8. The summed E-state index contributed by atoms with van der Waals surface area (Å²) < 4.78 is 0. The van der Waals surface area contributed by atoms with E-state index in [1.54, 1.807) is 0 Å². The summed E-state index contributed by atoms with van der Waals surface area (Å²) in [5.74, 6) is 0. The van der Waals surface area contributed by atoms with Crippen LogP contribution in [0.25, 0.3) is 0 Å². The summed E-state index contributed by atoms with van der Waals surface area (Å²) in [5, 5.41) is 0. The molecule has 0 aliphatic carbocycles. The van der Waals surface area contributed by atoms with Crippen molar-refractivity contribution in [1.82, 2.24) is 4.90 Å². The lowest BCUT2D eigenvalue weighted by atomic mass is 10.0. The quantitative estimate of drug-likeness (QED) is 0.272. The molecule has 0 N–H and O–H groups in total. The summed E-state index contributed by atoms with van der Waals surface area (Å²) in [7, 11) is 0. The third-order valence-electron chi connectivity index (χ3n) is 4.93. The number of allylic oxidation sites excluding steroid dienone is 2.